The van der Waals surface area contributed by atoms with Gasteiger partial charge in [0.15, 0.2) is 0 Å². The molecule has 0 aromatic heterocycles. The monoisotopic (exact) mass is 120 g/mol. The molecule has 0 aromatic rings. The summed E-state index contributed by atoms with van der Waals surface area (Å²) >= 11 is 0. The summed E-state index contributed by atoms with van der Waals surface area (Å²) in [6, 6.07) is 0. The molecule has 1 radical (unpaired) electrons. The van der Waals surface area contributed by atoms with Crippen molar-refractivity contribution < 1.29 is 68.5 Å². The van der Waals surface area contributed by atoms with Crippen molar-refractivity contribution >= 4 is 0 Å². The molecule has 0 saturated heterocycles. The van der Waals surface area contributed by atoms with Crippen LogP contribution in [0.3, 0.4) is 0 Å². The number of hydrogen-bond acceptors (Lipinski definition) is 1. The van der Waals surface area contributed by atoms with Crippen LogP contribution in [0.1, 0.15) is 0 Å². The first-order chi connectivity index (χ1) is 1.00. The van der Waals surface area contributed by atoms with Gasteiger partial charge in [-0.3, -0.25) is 0 Å². The third-order valence-corrected chi connectivity index (χ3v) is 0. The standard InChI is InChI=1S/CN.K.Mn/c1-2;;/q-1;+1;. The molecule has 0 rings (SSSR count). The van der Waals surface area contributed by atoms with E-state index in [1.165, 1.54) is 0 Å². The third-order valence-electron chi connectivity index (χ3n) is 0. The van der Waals surface area contributed by atoms with E-state index in [1.807, 2.05) is 0 Å². The molecule has 0 fully saturated rings. The number of hydrogen-bond donors (Lipinski definition) is 0. The minimum absolute atomic E-state index is 0. The molecule has 0 atom stereocenters. The zero-order valence-electron chi connectivity index (χ0n) is 2.33. The Hall–Kier alpha value is 1.65. The Balaban J connectivity index is -0.00000000500. The summed E-state index contributed by atoms with van der Waals surface area (Å²) < 4.78 is 0. The van der Waals surface area contributed by atoms with Crippen LogP contribution in [0.25, 0.3) is 0 Å². The SMILES string of the molecule is [C-]#N.[K+].[Mn]. The zero-order valence-corrected chi connectivity index (χ0v) is 6.63. The van der Waals surface area contributed by atoms with E-state index < -0.39 is 0 Å². The van der Waals surface area contributed by atoms with Crippen LogP contribution in [-0.4, -0.2) is 0 Å². The van der Waals surface area contributed by atoms with Crippen molar-refractivity contribution in [1.82, 2.24) is 0 Å². The molecule has 0 bridgehead atoms. The van der Waals surface area contributed by atoms with Gasteiger partial charge in [-0.25, -0.2) is 0 Å². The number of rotatable bonds is 0. The summed E-state index contributed by atoms with van der Waals surface area (Å²) in [6.07, 6.45) is 0. The normalized spacial score (nSPS) is 0.500. The molecule has 0 unspecified atom stereocenters. The fourth-order valence-electron chi connectivity index (χ4n) is 0. The Kier molecular flexibility index (Phi) is 99.2. The van der Waals surface area contributed by atoms with E-state index in [1.54, 1.807) is 0 Å². The molecule has 1 nitrogen and oxygen atoms in total. The summed E-state index contributed by atoms with van der Waals surface area (Å²) in [6.45, 7) is 4.75. The summed E-state index contributed by atoms with van der Waals surface area (Å²) in [7, 11) is 0. The van der Waals surface area contributed by atoms with Gasteiger partial charge >= 0.3 is 51.4 Å². The molecule has 0 amide bonds. The molecule has 0 heterocycles. The molecule has 0 aliphatic carbocycles. The van der Waals surface area contributed by atoms with E-state index in [4.69, 9.17) is 11.8 Å². The first kappa shape index (κ1) is 17.4. The van der Waals surface area contributed by atoms with E-state index in [0.717, 1.165) is 0 Å². The minimum atomic E-state index is 0. The average molecular weight is 120 g/mol. The van der Waals surface area contributed by atoms with Crippen LogP contribution >= 0.6 is 0 Å². The van der Waals surface area contributed by atoms with E-state index in [2.05, 4.69) is 0 Å². The predicted molar refractivity (Wildman–Crippen MR) is 4.97 cm³/mol. The Morgan fingerprint density at radius 3 is 1.25 bits per heavy atom. The molecule has 3 heteroatoms. The van der Waals surface area contributed by atoms with Gasteiger partial charge < -0.3 is 11.8 Å². The van der Waals surface area contributed by atoms with Crippen LogP contribution in [0.4, 0.5) is 0 Å². The van der Waals surface area contributed by atoms with E-state index in [-0.39, 0.29) is 68.5 Å². The fraction of sp³-hybridized carbons (Fsp3) is 0. The van der Waals surface area contributed by atoms with Crippen LogP contribution in [0, 0.1) is 11.8 Å². The van der Waals surface area contributed by atoms with Crippen molar-refractivity contribution in [2.75, 3.05) is 0 Å². The molecule has 0 aliphatic heterocycles. The second-order valence-electron chi connectivity index (χ2n) is 0. The van der Waals surface area contributed by atoms with Gasteiger partial charge in [0.25, 0.3) is 0 Å². The van der Waals surface area contributed by atoms with E-state index in [9.17, 15) is 0 Å². The van der Waals surface area contributed by atoms with Crippen molar-refractivity contribution in [2.45, 2.75) is 0 Å². The van der Waals surface area contributed by atoms with E-state index in [0.29, 0.717) is 0 Å². The average Bonchev–Trinajstić information content (AvgIpc) is 1.00. The smallest absolute Gasteiger partial charge is 0.512 e. The Bertz CT molecular complexity index is 12.8. The van der Waals surface area contributed by atoms with E-state index >= 15 is 0 Å². The quantitative estimate of drug-likeness (QED) is 0.248. The molecule has 0 aromatic carbocycles. The maximum Gasteiger partial charge on any atom is 1.00 e. The molecule has 0 N–H and O–H groups in total. The molecule has 0 saturated carbocycles. The van der Waals surface area contributed by atoms with Crippen molar-refractivity contribution in [3.8, 4) is 0 Å². The van der Waals surface area contributed by atoms with Crippen LogP contribution in [0.5, 0.6) is 0 Å². The fourth-order valence-corrected chi connectivity index (χ4v) is 0. The molecule has 0 aliphatic rings. The van der Waals surface area contributed by atoms with Gasteiger partial charge in [-0.15, -0.1) is 0 Å². The van der Waals surface area contributed by atoms with Crippen molar-refractivity contribution in [1.29, 1.82) is 5.26 Å². The first-order valence-electron chi connectivity index (χ1n) is 0.224. The Labute approximate surface area is 78.7 Å². The number of nitrogens with zero attached hydrogens (tertiary/aromatic N) is 1. The summed E-state index contributed by atoms with van der Waals surface area (Å²) in [4.78, 5) is 0. The summed E-state index contributed by atoms with van der Waals surface area (Å²) in [5, 5.41) is 6.25. The van der Waals surface area contributed by atoms with Crippen molar-refractivity contribution in [2.24, 2.45) is 0 Å². The van der Waals surface area contributed by atoms with Crippen LogP contribution in [0.2, 0.25) is 0 Å². The van der Waals surface area contributed by atoms with Gasteiger partial charge in [-0.1, -0.05) is 0 Å². The molecular formula is CKMnN. The first-order valence-corrected chi connectivity index (χ1v) is 0.224. The van der Waals surface area contributed by atoms with Gasteiger partial charge in [0.1, 0.15) is 0 Å². The molecule has 4 heavy (non-hydrogen) atoms. The maximum absolute atomic E-state index is 6.25. The third kappa shape index (κ3) is 9.42. The summed E-state index contributed by atoms with van der Waals surface area (Å²) in [5.74, 6) is 0. The topological polar surface area (TPSA) is 23.8 Å². The van der Waals surface area contributed by atoms with Crippen molar-refractivity contribution in [3.63, 3.8) is 0 Å². The molecular weight excluding hydrogens is 120 g/mol. The van der Waals surface area contributed by atoms with Crippen LogP contribution in [0.15, 0.2) is 0 Å². The molecule has 17 valence electrons. The second-order valence-corrected chi connectivity index (χ2v) is 0. The van der Waals surface area contributed by atoms with Gasteiger partial charge in [0.05, 0.1) is 0 Å². The Morgan fingerprint density at radius 2 is 1.25 bits per heavy atom. The van der Waals surface area contributed by atoms with Gasteiger partial charge in [0, 0.05) is 17.1 Å². The zero-order chi connectivity index (χ0) is 2.00. The molecule has 0 spiro atoms. The second kappa shape index (κ2) is 22.8. The van der Waals surface area contributed by atoms with Gasteiger partial charge in [-0.2, -0.15) is 0 Å². The van der Waals surface area contributed by atoms with Crippen LogP contribution < -0.4 is 51.4 Å². The van der Waals surface area contributed by atoms with Gasteiger partial charge in [0.2, 0.25) is 0 Å². The summed E-state index contributed by atoms with van der Waals surface area (Å²) in [5.41, 5.74) is 0. The van der Waals surface area contributed by atoms with Crippen molar-refractivity contribution in [3.05, 3.63) is 6.57 Å². The maximum atomic E-state index is 6.25. The van der Waals surface area contributed by atoms with Crippen LogP contribution in [-0.2, 0) is 17.1 Å². The Morgan fingerprint density at radius 1 is 1.25 bits per heavy atom. The minimum Gasteiger partial charge on any atom is -0.512 e. The largest absolute Gasteiger partial charge is 1.00 e. The predicted octanol–water partition coefficient (Wildman–Crippen LogP) is -2.90. The van der Waals surface area contributed by atoms with Gasteiger partial charge in [-0.05, 0) is 0 Å².